The molecule has 1 aliphatic rings. The van der Waals surface area contributed by atoms with Crippen molar-refractivity contribution in [3.8, 4) is 0 Å². The molecule has 20 heavy (non-hydrogen) atoms. The number of nitrogens with one attached hydrogen (secondary N) is 1. The van der Waals surface area contributed by atoms with Crippen molar-refractivity contribution in [2.24, 2.45) is 0 Å². The van der Waals surface area contributed by atoms with Crippen molar-refractivity contribution in [1.29, 1.82) is 0 Å². The van der Waals surface area contributed by atoms with Crippen LogP contribution in [0, 0.1) is 6.92 Å². The van der Waals surface area contributed by atoms with Gasteiger partial charge in [-0.2, -0.15) is 31.4 Å². The van der Waals surface area contributed by atoms with Gasteiger partial charge in [-0.15, -0.1) is 0 Å². The van der Waals surface area contributed by atoms with Crippen molar-refractivity contribution in [1.82, 2.24) is 9.78 Å². The minimum Gasteiger partial charge on any atom is -0.363 e. The van der Waals surface area contributed by atoms with Crippen LogP contribution in [0.15, 0.2) is 6.07 Å². The lowest BCUT2D eigenvalue weighted by molar-refractivity contribution is -0.345. The van der Waals surface area contributed by atoms with Crippen LogP contribution in [-0.4, -0.2) is 38.1 Å². The Balaban J connectivity index is 2.64. The Bertz CT molecular complexity index is 539. The number of fused-ring (bicyclic) bond motifs is 1. The molecule has 0 saturated heterocycles. The molecule has 0 saturated carbocycles. The predicted octanol–water partition coefficient (Wildman–Crippen LogP) is 1.47. The molecule has 0 aliphatic carbocycles. The Hall–Kier alpha value is -1.49. The first kappa shape index (κ1) is 14.9. The highest BCUT2D eigenvalue weighted by molar-refractivity contribution is 5.43. The second-order valence-electron chi connectivity index (χ2n) is 4.56. The third-order valence-corrected chi connectivity index (χ3v) is 2.94. The number of nitrogens with zero attached hydrogens (tertiary/aromatic N) is 2. The molecule has 1 aliphatic heterocycles. The third-order valence-electron chi connectivity index (χ3n) is 2.94. The SMILES string of the molecule is Cc1cc2n(n1)[C@@](O)(C(F)(F)F)C[C@@](O)(C(F)(F)F)N2. The van der Waals surface area contributed by atoms with E-state index in [1.54, 1.807) is 0 Å². The van der Waals surface area contributed by atoms with E-state index in [0.717, 1.165) is 6.07 Å². The Labute approximate surface area is 107 Å². The lowest BCUT2D eigenvalue weighted by atomic mass is 9.96. The van der Waals surface area contributed by atoms with Gasteiger partial charge < -0.3 is 15.5 Å². The third kappa shape index (κ3) is 1.92. The maximum atomic E-state index is 12.9. The normalized spacial score (nSPS) is 30.9. The van der Waals surface area contributed by atoms with E-state index < -0.39 is 36.0 Å². The highest BCUT2D eigenvalue weighted by Gasteiger charge is 2.69. The van der Waals surface area contributed by atoms with Gasteiger partial charge in [-0.05, 0) is 6.92 Å². The Morgan fingerprint density at radius 2 is 1.75 bits per heavy atom. The summed E-state index contributed by atoms with van der Waals surface area (Å²) in [6.45, 7) is 1.23. The van der Waals surface area contributed by atoms with Crippen LogP contribution in [0.1, 0.15) is 12.1 Å². The summed E-state index contributed by atoms with van der Waals surface area (Å²) in [6.07, 6.45) is -12.9. The molecule has 0 radical (unpaired) electrons. The van der Waals surface area contributed by atoms with Gasteiger partial charge in [0.1, 0.15) is 5.82 Å². The number of aryl methyl sites for hydroxylation is 1. The second-order valence-corrected chi connectivity index (χ2v) is 4.56. The van der Waals surface area contributed by atoms with Crippen LogP contribution < -0.4 is 5.32 Å². The molecule has 0 spiro atoms. The van der Waals surface area contributed by atoms with Crippen LogP contribution >= 0.6 is 0 Å². The van der Waals surface area contributed by atoms with Crippen molar-refractivity contribution in [3.63, 3.8) is 0 Å². The van der Waals surface area contributed by atoms with Gasteiger partial charge in [0.15, 0.2) is 0 Å². The van der Waals surface area contributed by atoms with Crippen LogP contribution in [0.5, 0.6) is 0 Å². The molecule has 2 heterocycles. The molecule has 3 N–H and O–H groups in total. The first-order valence-corrected chi connectivity index (χ1v) is 5.24. The molecule has 0 unspecified atom stereocenters. The van der Waals surface area contributed by atoms with Crippen LogP contribution in [0.2, 0.25) is 0 Å². The fourth-order valence-corrected chi connectivity index (χ4v) is 1.95. The molecule has 2 rings (SSSR count). The van der Waals surface area contributed by atoms with Crippen molar-refractivity contribution < 1.29 is 36.6 Å². The van der Waals surface area contributed by atoms with Crippen LogP contribution in [0.25, 0.3) is 0 Å². The largest absolute Gasteiger partial charge is 0.438 e. The zero-order valence-corrected chi connectivity index (χ0v) is 9.84. The number of hydrogen-bond acceptors (Lipinski definition) is 4. The monoisotopic (exact) mass is 305 g/mol. The van der Waals surface area contributed by atoms with Gasteiger partial charge in [0, 0.05) is 6.07 Å². The van der Waals surface area contributed by atoms with Gasteiger partial charge in [0.2, 0.25) is 5.72 Å². The molecular weight excluding hydrogens is 296 g/mol. The van der Waals surface area contributed by atoms with Crippen molar-refractivity contribution in [3.05, 3.63) is 11.8 Å². The molecule has 0 aromatic carbocycles. The van der Waals surface area contributed by atoms with Gasteiger partial charge >= 0.3 is 12.4 Å². The van der Waals surface area contributed by atoms with E-state index >= 15 is 0 Å². The molecule has 0 bridgehead atoms. The quantitative estimate of drug-likeness (QED) is 0.635. The fraction of sp³-hybridized carbons (Fsp3) is 0.667. The summed E-state index contributed by atoms with van der Waals surface area (Å²) in [4.78, 5) is 0. The van der Waals surface area contributed by atoms with Gasteiger partial charge in [-0.3, -0.25) is 0 Å². The number of halogens is 6. The highest BCUT2D eigenvalue weighted by atomic mass is 19.4. The maximum Gasteiger partial charge on any atom is 0.438 e. The van der Waals surface area contributed by atoms with E-state index in [-0.39, 0.29) is 10.4 Å². The number of aromatic nitrogens is 2. The summed E-state index contributed by atoms with van der Waals surface area (Å²) >= 11 is 0. The zero-order valence-electron chi connectivity index (χ0n) is 9.84. The van der Waals surface area contributed by atoms with Gasteiger partial charge in [0.25, 0.3) is 5.72 Å². The van der Waals surface area contributed by atoms with E-state index in [0.29, 0.717) is 0 Å². The summed E-state index contributed by atoms with van der Waals surface area (Å²) in [5.41, 5.74) is -7.94. The summed E-state index contributed by atoms with van der Waals surface area (Å²) in [5, 5.41) is 23.9. The first-order chi connectivity index (χ1) is 8.80. The molecule has 5 nitrogen and oxygen atoms in total. The minimum atomic E-state index is -5.46. The summed E-state index contributed by atoms with van der Waals surface area (Å²) in [5.74, 6) is -0.784. The number of aliphatic hydroxyl groups is 2. The van der Waals surface area contributed by atoms with Crippen molar-refractivity contribution >= 4 is 5.82 Å². The Morgan fingerprint density at radius 3 is 2.20 bits per heavy atom. The number of rotatable bonds is 0. The number of hydrogen-bond donors (Lipinski definition) is 3. The molecule has 0 fully saturated rings. The Morgan fingerprint density at radius 1 is 1.20 bits per heavy atom. The van der Waals surface area contributed by atoms with Crippen LogP contribution in [0.3, 0.4) is 0 Å². The van der Waals surface area contributed by atoms with Crippen LogP contribution in [0.4, 0.5) is 32.2 Å². The lowest BCUT2D eigenvalue weighted by Gasteiger charge is -2.44. The summed E-state index contributed by atoms with van der Waals surface area (Å²) in [6, 6.07) is 0.854. The second kappa shape index (κ2) is 3.79. The number of anilines is 1. The zero-order chi connectivity index (χ0) is 15.6. The lowest BCUT2D eigenvalue weighted by Crippen LogP contribution is -2.64. The summed E-state index contributed by atoms with van der Waals surface area (Å²) < 4.78 is 77.0. The molecule has 1 aromatic heterocycles. The first-order valence-electron chi connectivity index (χ1n) is 5.24. The Kier molecular flexibility index (Phi) is 2.82. The molecule has 11 heteroatoms. The van der Waals surface area contributed by atoms with Gasteiger partial charge in [-0.1, -0.05) is 0 Å². The number of alkyl halides is 6. The highest BCUT2D eigenvalue weighted by Crippen LogP contribution is 2.49. The van der Waals surface area contributed by atoms with E-state index in [1.807, 2.05) is 0 Å². The van der Waals surface area contributed by atoms with Crippen molar-refractivity contribution in [2.75, 3.05) is 5.32 Å². The molecule has 1 aromatic rings. The average Bonchev–Trinajstić information content (AvgIpc) is 2.55. The minimum absolute atomic E-state index is 0.0114. The smallest absolute Gasteiger partial charge is 0.363 e. The van der Waals surface area contributed by atoms with E-state index in [9.17, 15) is 36.6 Å². The fourth-order valence-electron chi connectivity index (χ4n) is 1.95. The topological polar surface area (TPSA) is 70.3 Å². The van der Waals surface area contributed by atoms with E-state index in [4.69, 9.17) is 0 Å². The molecular formula is C9H9F6N3O2. The molecule has 2 atom stereocenters. The molecule has 0 amide bonds. The van der Waals surface area contributed by atoms with Gasteiger partial charge in [0.05, 0.1) is 12.1 Å². The van der Waals surface area contributed by atoms with E-state index in [1.165, 1.54) is 12.2 Å². The summed E-state index contributed by atoms with van der Waals surface area (Å²) in [7, 11) is 0. The molecule has 114 valence electrons. The standard InChI is InChI=1S/C9H9F6N3O2/c1-4-2-5-16-6(19,8(10,11)12)3-7(20,9(13,14)15)18(5)17-4/h2,16,19-20H,3H2,1H3/t6-,7+/m1/s1. The average molecular weight is 305 g/mol. The van der Waals surface area contributed by atoms with Crippen molar-refractivity contribution in [2.45, 2.75) is 37.1 Å². The van der Waals surface area contributed by atoms with Gasteiger partial charge in [-0.25, -0.2) is 4.68 Å². The van der Waals surface area contributed by atoms with Crippen LogP contribution in [-0.2, 0) is 5.72 Å². The van der Waals surface area contributed by atoms with E-state index in [2.05, 4.69) is 5.10 Å². The maximum absolute atomic E-state index is 12.9. The predicted molar refractivity (Wildman–Crippen MR) is 52.5 cm³/mol.